The van der Waals surface area contributed by atoms with Crippen molar-refractivity contribution in [3.63, 3.8) is 0 Å². The lowest BCUT2D eigenvalue weighted by Gasteiger charge is -2.29. The number of piperidine rings is 1. The van der Waals surface area contributed by atoms with Gasteiger partial charge in [0.25, 0.3) is 5.91 Å². The van der Waals surface area contributed by atoms with Crippen LogP contribution < -0.4 is 15.8 Å². The second-order valence-electron chi connectivity index (χ2n) is 5.08. The smallest absolute Gasteiger partial charge is 0.251 e. The number of hydrogen-bond donors (Lipinski definition) is 2. The molecule has 104 valence electrons. The molecule has 0 saturated carbocycles. The number of carbonyl (C=O) groups is 1. The molecule has 0 bridgehead atoms. The van der Waals surface area contributed by atoms with Gasteiger partial charge in [0.05, 0.1) is 7.11 Å². The summed E-state index contributed by atoms with van der Waals surface area (Å²) < 4.78 is 5.19. The first kappa shape index (κ1) is 13.8. The number of ether oxygens (including phenoxy) is 1. The van der Waals surface area contributed by atoms with Gasteiger partial charge >= 0.3 is 0 Å². The maximum atomic E-state index is 12.2. The first-order valence-electron chi connectivity index (χ1n) is 6.59. The first-order chi connectivity index (χ1) is 9.10. The molecular formula is C14H22N3O2+. The Kier molecular flexibility index (Phi) is 4.39. The molecule has 1 fully saturated rings. The Balaban J connectivity index is 2.00. The molecule has 1 amide bonds. The zero-order chi connectivity index (χ0) is 13.8. The van der Waals surface area contributed by atoms with E-state index in [9.17, 15) is 4.79 Å². The molecule has 19 heavy (non-hydrogen) atoms. The highest BCUT2D eigenvalue weighted by molar-refractivity contribution is 5.95. The SMILES string of the molecule is COc1cc(C(=O)NC2CCN(C)CC2)ccc1[NH3+]. The molecule has 0 aliphatic carbocycles. The van der Waals surface area contributed by atoms with Gasteiger partial charge in [-0.05, 0) is 45.1 Å². The van der Waals surface area contributed by atoms with Gasteiger partial charge in [0.2, 0.25) is 0 Å². The lowest BCUT2D eigenvalue weighted by Crippen LogP contribution is -2.43. The lowest BCUT2D eigenvalue weighted by molar-refractivity contribution is -0.256. The van der Waals surface area contributed by atoms with Gasteiger partial charge in [-0.15, -0.1) is 0 Å². The van der Waals surface area contributed by atoms with Crippen LogP contribution in [0.25, 0.3) is 0 Å². The summed E-state index contributed by atoms with van der Waals surface area (Å²) in [6.07, 6.45) is 2.01. The van der Waals surface area contributed by atoms with Gasteiger partial charge in [0.15, 0.2) is 11.4 Å². The van der Waals surface area contributed by atoms with Gasteiger partial charge < -0.3 is 20.7 Å². The molecule has 1 heterocycles. The Morgan fingerprint density at radius 1 is 1.42 bits per heavy atom. The summed E-state index contributed by atoms with van der Waals surface area (Å²) in [6.45, 7) is 2.07. The average Bonchev–Trinajstić information content (AvgIpc) is 2.42. The Morgan fingerprint density at radius 3 is 2.74 bits per heavy atom. The molecule has 2 rings (SSSR count). The molecule has 1 saturated heterocycles. The van der Waals surface area contributed by atoms with Crippen molar-refractivity contribution >= 4 is 11.6 Å². The molecule has 1 aliphatic rings. The first-order valence-corrected chi connectivity index (χ1v) is 6.59. The van der Waals surface area contributed by atoms with Crippen LogP contribution in [0.5, 0.6) is 5.75 Å². The number of likely N-dealkylation sites (tertiary alicyclic amines) is 1. The second kappa shape index (κ2) is 6.04. The number of nitrogens with one attached hydrogen (secondary N) is 1. The van der Waals surface area contributed by atoms with Crippen LogP contribution in [0.4, 0.5) is 5.69 Å². The van der Waals surface area contributed by atoms with E-state index >= 15 is 0 Å². The molecule has 0 aromatic heterocycles. The molecule has 0 radical (unpaired) electrons. The predicted octanol–water partition coefficient (Wildman–Crippen LogP) is 0.393. The normalized spacial score (nSPS) is 17.2. The van der Waals surface area contributed by atoms with E-state index < -0.39 is 0 Å². The number of methoxy groups -OCH3 is 1. The van der Waals surface area contributed by atoms with Crippen LogP contribution in [0.1, 0.15) is 23.2 Å². The fourth-order valence-corrected chi connectivity index (χ4v) is 2.31. The maximum Gasteiger partial charge on any atom is 0.251 e. The van der Waals surface area contributed by atoms with Crippen LogP contribution in [0.15, 0.2) is 18.2 Å². The largest absolute Gasteiger partial charge is 0.491 e. The molecule has 1 aliphatic heterocycles. The fourth-order valence-electron chi connectivity index (χ4n) is 2.31. The fraction of sp³-hybridized carbons (Fsp3) is 0.500. The van der Waals surface area contributed by atoms with Crippen LogP contribution in [0, 0.1) is 0 Å². The third-order valence-electron chi connectivity index (χ3n) is 3.60. The summed E-state index contributed by atoms with van der Waals surface area (Å²) in [5, 5.41) is 3.08. The highest BCUT2D eigenvalue weighted by Gasteiger charge is 2.19. The van der Waals surface area contributed by atoms with E-state index in [2.05, 4.69) is 23.0 Å². The van der Waals surface area contributed by atoms with Crippen molar-refractivity contribution in [1.82, 2.24) is 10.2 Å². The third kappa shape index (κ3) is 3.45. The maximum absolute atomic E-state index is 12.2. The van der Waals surface area contributed by atoms with E-state index in [1.54, 1.807) is 19.2 Å². The van der Waals surface area contributed by atoms with Crippen LogP contribution in [0.2, 0.25) is 0 Å². The zero-order valence-electron chi connectivity index (χ0n) is 11.6. The molecule has 0 spiro atoms. The summed E-state index contributed by atoms with van der Waals surface area (Å²) in [4.78, 5) is 14.5. The number of hydrogen-bond acceptors (Lipinski definition) is 3. The topological polar surface area (TPSA) is 69.2 Å². The van der Waals surface area contributed by atoms with Crippen molar-refractivity contribution in [3.05, 3.63) is 23.8 Å². The molecule has 0 atom stereocenters. The monoisotopic (exact) mass is 264 g/mol. The minimum absolute atomic E-state index is 0.0344. The summed E-state index contributed by atoms with van der Waals surface area (Å²) >= 11 is 0. The predicted molar refractivity (Wildman–Crippen MR) is 73.5 cm³/mol. The van der Waals surface area contributed by atoms with E-state index in [1.165, 1.54) is 0 Å². The van der Waals surface area contributed by atoms with E-state index in [4.69, 9.17) is 4.74 Å². The Labute approximate surface area is 113 Å². The zero-order valence-corrected chi connectivity index (χ0v) is 11.6. The summed E-state index contributed by atoms with van der Waals surface area (Å²) in [5.74, 6) is 0.615. The number of benzene rings is 1. The van der Waals surface area contributed by atoms with Crippen molar-refractivity contribution in [3.8, 4) is 5.75 Å². The van der Waals surface area contributed by atoms with Gasteiger partial charge in [0, 0.05) is 17.7 Å². The molecule has 1 aromatic rings. The molecule has 4 N–H and O–H groups in total. The minimum Gasteiger partial charge on any atom is -0.491 e. The Morgan fingerprint density at radius 2 is 2.11 bits per heavy atom. The number of rotatable bonds is 3. The quantitative estimate of drug-likeness (QED) is 0.830. The molecule has 0 unspecified atom stereocenters. The second-order valence-corrected chi connectivity index (χ2v) is 5.08. The van der Waals surface area contributed by atoms with Crippen molar-refractivity contribution in [2.45, 2.75) is 18.9 Å². The van der Waals surface area contributed by atoms with Gasteiger partial charge in [-0.1, -0.05) is 0 Å². The minimum atomic E-state index is -0.0344. The highest BCUT2D eigenvalue weighted by atomic mass is 16.5. The third-order valence-corrected chi connectivity index (χ3v) is 3.60. The Bertz CT molecular complexity index is 454. The summed E-state index contributed by atoms with van der Waals surface area (Å²) in [5.41, 5.74) is 5.27. The van der Waals surface area contributed by atoms with Crippen molar-refractivity contribution in [2.24, 2.45) is 0 Å². The number of carbonyl (C=O) groups excluding carboxylic acids is 1. The van der Waals surface area contributed by atoms with Crippen molar-refractivity contribution in [2.75, 3.05) is 27.2 Å². The van der Waals surface area contributed by atoms with E-state index in [-0.39, 0.29) is 11.9 Å². The van der Waals surface area contributed by atoms with Crippen LogP contribution in [-0.2, 0) is 0 Å². The van der Waals surface area contributed by atoms with Crippen LogP contribution in [0.3, 0.4) is 0 Å². The van der Waals surface area contributed by atoms with Gasteiger partial charge in [0.1, 0.15) is 0 Å². The number of amides is 1. The number of nitrogens with zero attached hydrogens (tertiary/aromatic N) is 1. The van der Waals surface area contributed by atoms with Crippen molar-refractivity contribution < 1.29 is 15.3 Å². The standard InChI is InChI=1S/C14H21N3O2/c1-17-7-5-11(6-8-17)16-14(18)10-3-4-12(15)13(9-10)19-2/h3-4,9,11H,5-8,15H2,1-2H3,(H,16,18)/p+1. The average molecular weight is 264 g/mol. The van der Waals surface area contributed by atoms with Gasteiger partial charge in [-0.2, -0.15) is 0 Å². The van der Waals surface area contributed by atoms with Crippen molar-refractivity contribution in [1.29, 1.82) is 0 Å². The summed E-state index contributed by atoms with van der Waals surface area (Å²) in [7, 11) is 3.69. The molecular weight excluding hydrogens is 242 g/mol. The molecule has 5 heteroatoms. The van der Waals surface area contributed by atoms with Gasteiger partial charge in [-0.25, -0.2) is 0 Å². The summed E-state index contributed by atoms with van der Waals surface area (Å²) in [6, 6.07) is 5.61. The number of quaternary nitrogens is 1. The van der Waals surface area contributed by atoms with Crippen LogP contribution in [-0.4, -0.2) is 44.1 Å². The Hall–Kier alpha value is -1.59. The van der Waals surface area contributed by atoms with Crippen LogP contribution >= 0.6 is 0 Å². The van der Waals surface area contributed by atoms with E-state index in [0.717, 1.165) is 31.6 Å². The molecule has 5 nitrogen and oxygen atoms in total. The highest BCUT2D eigenvalue weighted by Crippen LogP contribution is 2.21. The van der Waals surface area contributed by atoms with E-state index in [0.29, 0.717) is 11.3 Å². The lowest BCUT2D eigenvalue weighted by atomic mass is 10.0. The molecule has 1 aromatic carbocycles. The van der Waals surface area contributed by atoms with E-state index in [1.807, 2.05) is 6.07 Å². The van der Waals surface area contributed by atoms with Gasteiger partial charge in [-0.3, -0.25) is 4.79 Å².